The molecule has 0 N–H and O–H groups in total. The molecule has 1 aromatic heterocycles. The molecular formula is C19H25N3O6S. The first-order valence-electron chi connectivity index (χ1n) is 9.48. The van der Waals surface area contributed by atoms with E-state index in [9.17, 15) is 22.8 Å². The van der Waals surface area contributed by atoms with Crippen LogP contribution in [0.1, 0.15) is 19.8 Å². The molecule has 9 nitrogen and oxygen atoms in total. The van der Waals surface area contributed by atoms with Crippen LogP contribution >= 0.6 is 0 Å². The molecule has 10 heteroatoms. The van der Waals surface area contributed by atoms with Gasteiger partial charge in [-0.05, 0) is 38.0 Å². The van der Waals surface area contributed by atoms with Crippen LogP contribution in [0.15, 0.2) is 27.9 Å². The number of piperidine rings is 1. The summed E-state index contributed by atoms with van der Waals surface area (Å²) in [5, 5.41) is 0. The molecule has 1 fully saturated rings. The van der Waals surface area contributed by atoms with Crippen LogP contribution in [-0.4, -0.2) is 59.8 Å². The summed E-state index contributed by atoms with van der Waals surface area (Å²) in [6, 6.07) is 4.38. The summed E-state index contributed by atoms with van der Waals surface area (Å²) >= 11 is 0. The minimum atomic E-state index is -3.90. The Labute approximate surface area is 168 Å². The highest BCUT2D eigenvalue weighted by Gasteiger charge is 2.31. The third kappa shape index (κ3) is 4.07. The summed E-state index contributed by atoms with van der Waals surface area (Å²) in [6.45, 7) is 2.56. The first-order chi connectivity index (χ1) is 13.7. The molecule has 1 unspecified atom stereocenters. The number of carbonyl (C=O) groups excluding carboxylic acids is 2. The number of amides is 1. The Balaban J connectivity index is 1.79. The van der Waals surface area contributed by atoms with Crippen LogP contribution in [-0.2, 0) is 38.3 Å². The smallest absolute Gasteiger partial charge is 0.328 e. The largest absolute Gasteiger partial charge is 0.466 e. The van der Waals surface area contributed by atoms with Crippen LogP contribution < -0.4 is 5.69 Å². The summed E-state index contributed by atoms with van der Waals surface area (Å²) in [6.07, 6.45) is 1.24. The summed E-state index contributed by atoms with van der Waals surface area (Å²) in [4.78, 5) is 38.0. The van der Waals surface area contributed by atoms with E-state index < -0.39 is 27.4 Å². The Morgan fingerprint density at radius 1 is 1.17 bits per heavy atom. The quantitative estimate of drug-likeness (QED) is 0.647. The van der Waals surface area contributed by atoms with Crippen molar-refractivity contribution in [2.24, 2.45) is 20.0 Å². The number of ether oxygens (including phenoxy) is 1. The van der Waals surface area contributed by atoms with E-state index in [4.69, 9.17) is 4.74 Å². The maximum atomic E-state index is 12.8. The van der Waals surface area contributed by atoms with Gasteiger partial charge in [0.1, 0.15) is 5.75 Å². The van der Waals surface area contributed by atoms with Gasteiger partial charge < -0.3 is 9.64 Å². The van der Waals surface area contributed by atoms with Crippen LogP contribution in [0, 0.1) is 5.92 Å². The van der Waals surface area contributed by atoms with Crippen LogP contribution in [0.25, 0.3) is 11.0 Å². The monoisotopic (exact) mass is 423 g/mol. The van der Waals surface area contributed by atoms with Crippen LogP contribution in [0.5, 0.6) is 0 Å². The summed E-state index contributed by atoms with van der Waals surface area (Å²) < 4.78 is 33.4. The number of likely N-dealkylation sites (tertiary alicyclic amines) is 1. The predicted octanol–water partition coefficient (Wildman–Crippen LogP) is 0.452. The molecule has 158 valence electrons. The highest BCUT2D eigenvalue weighted by Crippen LogP contribution is 2.21. The lowest BCUT2D eigenvalue weighted by Crippen LogP contribution is -2.45. The van der Waals surface area contributed by atoms with Gasteiger partial charge in [0.25, 0.3) is 0 Å². The molecule has 0 spiro atoms. The fraction of sp³-hybridized carbons (Fsp3) is 0.526. The third-order valence-corrected chi connectivity index (χ3v) is 6.91. The van der Waals surface area contributed by atoms with Gasteiger partial charge in [-0.25, -0.2) is 13.2 Å². The number of esters is 1. The zero-order chi connectivity index (χ0) is 21.3. The molecule has 0 radical (unpaired) electrons. The van der Waals surface area contributed by atoms with Crippen LogP contribution in [0.4, 0.5) is 0 Å². The second kappa shape index (κ2) is 8.02. The SMILES string of the molecule is CCOC(=O)C1CCCN(C(=O)CS(=O)(=O)c2ccc3c(c2)n(C)c(=O)n3C)C1. The number of nitrogens with zero attached hydrogens (tertiary/aromatic N) is 3. The Hall–Kier alpha value is -2.62. The molecule has 0 bridgehead atoms. The molecule has 2 aromatic rings. The van der Waals surface area contributed by atoms with Crippen molar-refractivity contribution in [3.8, 4) is 0 Å². The maximum Gasteiger partial charge on any atom is 0.328 e. The minimum absolute atomic E-state index is 0.0153. The van der Waals surface area contributed by atoms with E-state index in [0.717, 1.165) is 0 Å². The van der Waals surface area contributed by atoms with Crippen molar-refractivity contribution in [1.29, 1.82) is 0 Å². The molecule has 1 amide bonds. The van der Waals surface area contributed by atoms with Gasteiger partial charge in [-0.2, -0.15) is 0 Å². The zero-order valence-corrected chi connectivity index (χ0v) is 17.6. The molecule has 1 aliphatic heterocycles. The Bertz CT molecular complexity index is 1110. The zero-order valence-electron chi connectivity index (χ0n) is 16.8. The van der Waals surface area contributed by atoms with Gasteiger partial charge in [-0.1, -0.05) is 0 Å². The molecule has 29 heavy (non-hydrogen) atoms. The number of fused-ring (bicyclic) bond motifs is 1. The number of aryl methyl sites for hydroxylation is 2. The Morgan fingerprint density at radius 2 is 1.86 bits per heavy atom. The number of carbonyl (C=O) groups is 2. The summed E-state index contributed by atoms with van der Waals surface area (Å²) in [5.74, 6) is -2.01. The van der Waals surface area contributed by atoms with Crippen molar-refractivity contribution >= 4 is 32.7 Å². The van der Waals surface area contributed by atoms with Crippen molar-refractivity contribution in [2.45, 2.75) is 24.7 Å². The summed E-state index contributed by atoms with van der Waals surface area (Å²) in [7, 11) is -0.726. The molecule has 2 heterocycles. The first-order valence-corrected chi connectivity index (χ1v) is 11.1. The van der Waals surface area contributed by atoms with E-state index >= 15 is 0 Å². The fourth-order valence-corrected chi connectivity index (χ4v) is 4.91. The lowest BCUT2D eigenvalue weighted by atomic mass is 9.98. The van der Waals surface area contributed by atoms with Gasteiger partial charge >= 0.3 is 11.7 Å². The molecule has 0 aliphatic carbocycles. The lowest BCUT2D eigenvalue weighted by molar-refractivity contribution is -0.151. The molecule has 1 aliphatic rings. The average Bonchev–Trinajstić information content (AvgIpc) is 2.92. The van der Waals surface area contributed by atoms with Gasteiger partial charge in [0.15, 0.2) is 9.84 Å². The third-order valence-electron chi connectivity index (χ3n) is 5.31. The van der Waals surface area contributed by atoms with E-state index in [2.05, 4.69) is 0 Å². The van der Waals surface area contributed by atoms with Crippen molar-refractivity contribution < 1.29 is 22.7 Å². The number of hydrogen-bond acceptors (Lipinski definition) is 6. The number of hydrogen-bond donors (Lipinski definition) is 0. The average molecular weight is 423 g/mol. The second-order valence-electron chi connectivity index (χ2n) is 7.24. The normalized spacial score (nSPS) is 17.5. The second-order valence-corrected chi connectivity index (χ2v) is 9.23. The van der Waals surface area contributed by atoms with E-state index in [1.54, 1.807) is 27.1 Å². The molecule has 0 saturated carbocycles. The number of benzene rings is 1. The number of rotatable bonds is 5. The summed E-state index contributed by atoms with van der Waals surface area (Å²) in [5.41, 5.74) is 0.825. The van der Waals surface area contributed by atoms with Gasteiger partial charge in [0.05, 0.1) is 28.5 Å². The Kier molecular flexibility index (Phi) is 5.83. The van der Waals surface area contributed by atoms with Crippen LogP contribution in [0.3, 0.4) is 0 Å². The highest BCUT2D eigenvalue weighted by atomic mass is 32.2. The first kappa shape index (κ1) is 21.1. The van der Waals surface area contributed by atoms with Crippen molar-refractivity contribution in [3.63, 3.8) is 0 Å². The lowest BCUT2D eigenvalue weighted by Gasteiger charge is -2.31. The van der Waals surface area contributed by atoms with Gasteiger partial charge in [-0.15, -0.1) is 0 Å². The highest BCUT2D eigenvalue weighted by molar-refractivity contribution is 7.92. The molecule has 3 rings (SSSR count). The van der Waals surface area contributed by atoms with Gasteiger partial charge in [0, 0.05) is 27.2 Å². The standard InChI is InChI=1S/C19H25N3O6S/c1-4-28-18(24)13-6-5-9-22(11-13)17(23)12-29(26,27)14-7-8-15-16(10-14)21(3)19(25)20(15)2/h7-8,10,13H,4-6,9,11-12H2,1-3H3. The Morgan fingerprint density at radius 3 is 2.55 bits per heavy atom. The van der Waals surface area contributed by atoms with E-state index in [0.29, 0.717) is 30.4 Å². The van der Waals surface area contributed by atoms with E-state index in [1.807, 2.05) is 0 Å². The predicted molar refractivity (Wildman–Crippen MR) is 106 cm³/mol. The van der Waals surface area contributed by atoms with Crippen molar-refractivity contribution in [2.75, 3.05) is 25.4 Å². The van der Waals surface area contributed by atoms with Crippen molar-refractivity contribution in [3.05, 3.63) is 28.7 Å². The van der Waals surface area contributed by atoms with E-state index in [-0.39, 0.29) is 29.7 Å². The van der Waals surface area contributed by atoms with Gasteiger partial charge in [-0.3, -0.25) is 18.7 Å². The fourth-order valence-electron chi connectivity index (χ4n) is 3.67. The number of sulfone groups is 1. The molecular weight excluding hydrogens is 398 g/mol. The number of imidazole rings is 1. The van der Waals surface area contributed by atoms with Crippen LogP contribution in [0.2, 0.25) is 0 Å². The van der Waals surface area contributed by atoms with Gasteiger partial charge in [0.2, 0.25) is 5.91 Å². The van der Waals surface area contributed by atoms with Crippen molar-refractivity contribution in [1.82, 2.24) is 14.0 Å². The molecule has 1 aromatic carbocycles. The molecule has 1 saturated heterocycles. The molecule has 1 atom stereocenters. The minimum Gasteiger partial charge on any atom is -0.466 e. The topological polar surface area (TPSA) is 108 Å². The number of aromatic nitrogens is 2. The maximum absolute atomic E-state index is 12.8. The van der Waals surface area contributed by atoms with E-state index in [1.165, 1.54) is 26.2 Å².